The Kier molecular flexibility index (Phi) is 3.71. The third-order valence-electron chi connectivity index (χ3n) is 2.79. The SMILES string of the molecule is CC(=CCc1ccc(F)cc1)c1ccccc1. The lowest BCUT2D eigenvalue weighted by Gasteiger charge is -2.02. The van der Waals surface area contributed by atoms with Gasteiger partial charge in [-0.3, -0.25) is 0 Å². The van der Waals surface area contributed by atoms with E-state index in [1.807, 2.05) is 30.3 Å². The summed E-state index contributed by atoms with van der Waals surface area (Å²) in [6.07, 6.45) is 3.00. The molecule has 0 atom stereocenters. The molecule has 0 unspecified atom stereocenters. The molecule has 0 radical (unpaired) electrons. The summed E-state index contributed by atoms with van der Waals surface area (Å²) < 4.78 is 12.7. The second kappa shape index (κ2) is 5.44. The Labute approximate surface area is 101 Å². The molecule has 86 valence electrons. The molecule has 2 aromatic rings. The number of rotatable bonds is 3. The van der Waals surface area contributed by atoms with E-state index in [0.717, 1.165) is 12.0 Å². The largest absolute Gasteiger partial charge is 0.207 e. The second-order valence-corrected chi connectivity index (χ2v) is 4.08. The second-order valence-electron chi connectivity index (χ2n) is 4.08. The van der Waals surface area contributed by atoms with Crippen molar-refractivity contribution in [2.75, 3.05) is 0 Å². The number of halogens is 1. The van der Waals surface area contributed by atoms with E-state index in [9.17, 15) is 4.39 Å². The smallest absolute Gasteiger partial charge is 0.123 e. The Morgan fingerprint density at radius 2 is 1.65 bits per heavy atom. The first-order valence-corrected chi connectivity index (χ1v) is 5.72. The van der Waals surface area contributed by atoms with E-state index >= 15 is 0 Å². The highest BCUT2D eigenvalue weighted by atomic mass is 19.1. The van der Waals surface area contributed by atoms with Crippen molar-refractivity contribution in [3.8, 4) is 0 Å². The van der Waals surface area contributed by atoms with E-state index in [2.05, 4.69) is 25.1 Å². The summed E-state index contributed by atoms with van der Waals surface area (Å²) in [4.78, 5) is 0. The topological polar surface area (TPSA) is 0 Å². The van der Waals surface area contributed by atoms with E-state index in [1.54, 1.807) is 0 Å². The van der Waals surface area contributed by atoms with Gasteiger partial charge in [-0.1, -0.05) is 48.5 Å². The Bertz CT molecular complexity index is 495. The summed E-state index contributed by atoms with van der Waals surface area (Å²) in [6.45, 7) is 2.10. The highest BCUT2D eigenvalue weighted by molar-refractivity contribution is 5.63. The molecule has 0 heterocycles. The van der Waals surface area contributed by atoms with Gasteiger partial charge in [0, 0.05) is 0 Å². The summed E-state index contributed by atoms with van der Waals surface area (Å²) >= 11 is 0. The molecule has 0 amide bonds. The number of benzene rings is 2. The normalized spacial score (nSPS) is 11.5. The van der Waals surface area contributed by atoms with Crippen molar-refractivity contribution >= 4 is 5.57 Å². The monoisotopic (exact) mass is 226 g/mol. The predicted octanol–water partition coefficient (Wildman–Crippen LogP) is 4.47. The van der Waals surface area contributed by atoms with Gasteiger partial charge in [-0.2, -0.15) is 0 Å². The summed E-state index contributed by atoms with van der Waals surface area (Å²) in [6, 6.07) is 16.9. The van der Waals surface area contributed by atoms with Crippen LogP contribution in [-0.4, -0.2) is 0 Å². The van der Waals surface area contributed by atoms with Crippen molar-refractivity contribution in [3.05, 3.63) is 77.6 Å². The van der Waals surface area contributed by atoms with Crippen LogP contribution in [0.5, 0.6) is 0 Å². The van der Waals surface area contributed by atoms with Gasteiger partial charge < -0.3 is 0 Å². The first-order valence-electron chi connectivity index (χ1n) is 5.72. The molecule has 0 N–H and O–H groups in total. The van der Waals surface area contributed by atoms with Gasteiger partial charge in [-0.25, -0.2) is 4.39 Å². The fourth-order valence-electron chi connectivity index (χ4n) is 1.71. The summed E-state index contributed by atoms with van der Waals surface area (Å²) in [7, 11) is 0. The molecule has 0 saturated carbocycles. The minimum absolute atomic E-state index is 0.183. The molecule has 2 rings (SSSR count). The zero-order chi connectivity index (χ0) is 12.1. The Hall–Kier alpha value is -1.89. The Morgan fingerprint density at radius 1 is 1.00 bits per heavy atom. The zero-order valence-electron chi connectivity index (χ0n) is 9.86. The van der Waals surface area contributed by atoms with Crippen molar-refractivity contribution in [1.82, 2.24) is 0 Å². The number of hydrogen-bond acceptors (Lipinski definition) is 0. The average molecular weight is 226 g/mol. The van der Waals surface area contributed by atoms with Crippen molar-refractivity contribution in [3.63, 3.8) is 0 Å². The van der Waals surface area contributed by atoms with Gasteiger partial charge in [0.15, 0.2) is 0 Å². The molecule has 1 heteroatoms. The van der Waals surface area contributed by atoms with Crippen LogP contribution >= 0.6 is 0 Å². The Balaban J connectivity index is 2.08. The highest BCUT2D eigenvalue weighted by Gasteiger charge is 1.95. The van der Waals surface area contributed by atoms with Crippen LogP contribution in [0.25, 0.3) is 5.57 Å². The first-order chi connectivity index (χ1) is 8.25. The Morgan fingerprint density at radius 3 is 2.29 bits per heavy atom. The fourth-order valence-corrected chi connectivity index (χ4v) is 1.71. The third-order valence-corrected chi connectivity index (χ3v) is 2.79. The zero-order valence-corrected chi connectivity index (χ0v) is 9.86. The van der Waals surface area contributed by atoms with Crippen LogP contribution in [0.2, 0.25) is 0 Å². The lowest BCUT2D eigenvalue weighted by Crippen LogP contribution is -1.84. The quantitative estimate of drug-likeness (QED) is 0.724. The molecular formula is C16H15F. The van der Waals surface area contributed by atoms with Gasteiger partial charge in [0.2, 0.25) is 0 Å². The van der Waals surface area contributed by atoms with Gasteiger partial charge in [0.05, 0.1) is 0 Å². The maximum atomic E-state index is 12.7. The number of hydrogen-bond donors (Lipinski definition) is 0. The van der Waals surface area contributed by atoms with Crippen LogP contribution in [0.15, 0.2) is 60.7 Å². The van der Waals surface area contributed by atoms with Crippen molar-refractivity contribution in [2.24, 2.45) is 0 Å². The molecule has 0 nitrogen and oxygen atoms in total. The van der Waals surface area contributed by atoms with E-state index in [0.29, 0.717) is 0 Å². The highest BCUT2D eigenvalue weighted by Crippen LogP contribution is 2.14. The van der Waals surface area contributed by atoms with Crippen LogP contribution in [0.3, 0.4) is 0 Å². The van der Waals surface area contributed by atoms with Gasteiger partial charge in [-0.05, 0) is 42.2 Å². The van der Waals surface area contributed by atoms with Crippen molar-refractivity contribution in [1.29, 1.82) is 0 Å². The predicted molar refractivity (Wildman–Crippen MR) is 70.2 cm³/mol. The molecule has 0 bridgehead atoms. The van der Waals surface area contributed by atoms with Gasteiger partial charge in [0.1, 0.15) is 5.82 Å². The summed E-state index contributed by atoms with van der Waals surface area (Å²) in [5, 5.41) is 0. The van der Waals surface area contributed by atoms with E-state index in [1.165, 1.54) is 23.3 Å². The maximum Gasteiger partial charge on any atom is 0.123 e. The summed E-state index contributed by atoms with van der Waals surface area (Å²) in [5.41, 5.74) is 3.60. The fraction of sp³-hybridized carbons (Fsp3) is 0.125. The molecule has 0 aliphatic carbocycles. The minimum Gasteiger partial charge on any atom is -0.207 e. The number of allylic oxidation sites excluding steroid dienone is 2. The first kappa shape index (κ1) is 11.6. The van der Waals surface area contributed by atoms with Crippen LogP contribution < -0.4 is 0 Å². The molecule has 0 aliphatic rings. The molecule has 0 aromatic heterocycles. The molecule has 0 saturated heterocycles. The maximum absolute atomic E-state index is 12.7. The van der Waals surface area contributed by atoms with Crippen LogP contribution in [-0.2, 0) is 6.42 Å². The third kappa shape index (κ3) is 3.28. The van der Waals surface area contributed by atoms with Crippen LogP contribution in [0, 0.1) is 5.82 Å². The van der Waals surface area contributed by atoms with E-state index in [4.69, 9.17) is 0 Å². The standard InChI is InChI=1S/C16H15F/c1-13(15-5-3-2-4-6-15)7-8-14-9-11-16(17)12-10-14/h2-7,9-12H,8H2,1H3. The van der Waals surface area contributed by atoms with Crippen LogP contribution in [0.4, 0.5) is 4.39 Å². The average Bonchev–Trinajstić information content (AvgIpc) is 2.39. The van der Waals surface area contributed by atoms with E-state index in [-0.39, 0.29) is 5.82 Å². The minimum atomic E-state index is -0.183. The lowest BCUT2D eigenvalue weighted by atomic mass is 10.0. The van der Waals surface area contributed by atoms with Gasteiger partial charge >= 0.3 is 0 Å². The summed E-state index contributed by atoms with van der Waals surface area (Å²) in [5.74, 6) is -0.183. The molecular weight excluding hydrogens is 211 g/mol. The molecule has 0 aliphatic heterocycles. The lowest BCUT2D eigenvalue weighted by molar-refractivity contribution is 0.627. The van der Waals surface area contributed by atoms with E-state index < -0.39 is 0 Å². The molecule has 2 aromatic carbocycles. The van der Waals surface area contributed by atoms with Crippen molar-refractivity contribution < 1.29 is 4.39 Å². The molecule has 0 fully saturated rings. The van der Waals surface area contributed by atoms with Crippen LogP contribution in [0.1, 0.15) is 18.1 Å². The van der Waals surface area contributed by atoms with Gasteiger partial charge in [-0.15, -0.1) is 0 Å². The van der Waals surface area contributed by atoms with Crippen molar-refractivity contribution in [2.45, 2.75) is 13.3 Å². The molecule has 17 heavy (non-hydrogen) atoms. The van der Waals surface area contributed by atoms with Gasteiger partial charge in [0.25, 0.3) is 0 Å². The molecule has 0 spiro atoms.